The van der Waals surface area contributed by atoms with E-state index < -0.39 is 10.0 Å². The average Bonchev–Trinajstić information content (AvgIpc) is 2.70. The third-order valence-corrected chi connectivity index (χ3v) is 6.74. The van der Waals surface area contributed by atoms with Gasteiger partial charge in [-0.3, -0.25) is 4.79 Å². The topological polar surface area (TPSA) is 69.7 Å². The molecule has 0 fully saturated rings. The van der Waals surface area contributed by atoms with Gasteiger partial charge in [0.25, 0.3) is 5.91 Å². The van der Waals surface area contributed by atoms with Crippen molar-refractivity contribution in [3.63, 3.8) is 0 Å². The number of carbonyl (C=O) groups is 1. The molecule has 0 spiro atoms. The van der Waals surface area contributed by atoms with Crippen molar-refractivity contribution < 1.29 is 13.2 Å². The van der Waals surface area contributed by atoms with Crippen LogP contribution in [0.1, 0.15) is 27.9 Å². The van der Waals surface area contributed by atoms with Gasteiger partial charge in [0, 0.05) is 25.2 Å². The molecule has 1 aliphatic rings. The van der Waals surface area contributed by atoms with Crippen molar-refractivity contribution in [2.45, 2.75) is 24.3 Å². The lowest BCUT2D eigenvalue weighted by molar-refractivity contribution is 0.0952. The van der Waals surface area contributed by atoms with Crippen LogP contribution in [0.3, 0.4) is 0 Å². The zero-order valence-electron chi connectivity index (χ0n) is 16.4. The van der Waals surface area contributed by atoms with Crippen LogP contribution in [0.4, 0.5) is 0 Å². The second kappa shape index (κ2) is 8.86. The van der Waals surface area contributed by atoms with Gasteiger partial charge in [0.2, 0.25) is 10.0 Å². The minimum Gasteiger partial charge on any atom is -0.352 e. The zero-order valence-corrected chi connectivity index (χ0v) is 17.2. The van der Waals surface area contributed by atoms with E-state index in [1.807, 2.05) is 38.4 Å². The van der Waals surface area contributed by atoms with E-state index in [4.69, 9.17) is 0 Å². The highest BCUT2D eigenvalue weighted by Crippen LogP contribution is 2.25. The largest absolute Gasteiger partial charge is 0.352 e. The summed E-state index contributed by atoms with van der Waals surface area (Å²) in [6.45, 7) is 2.24. The Bertz CT molecular complexity index is 941. The Balaban J connectivity index is 1.71. The molecule has 1 heterocycles. The molecule has 0 unspecified atom stereocenters. The molecule has 0 atom stereocenters. The number of sulfonamides is 1. The van der Waals surface area contributed by atoms with Crippen molar-refractivity contribution in [3.8, 4) is 0 Å². The summed E-state index contributed by atoms with van der Waals surface area (Å²) in [5.41, 5.74) is 2.59. The van der Waals surface area contributed by atoms with Crippen molar-refractivity contribution in [1.29, 1.82) is 0 Å². The number of fused-ring (bicyclic) bond motifs is 1. The van der Waals surface area contributed by atoms with Crippen LogP contribution < -0.4 is 5.32 Å². The molecular formula is C21H27N3O3S. The molecule has 6 nitrogen and oxygen atoms in total. The Morgan fingerprint density at radius 1 is 1.11 bits per heavy atom. The average molecular weight is 402 g/mol. The summed E-state index contributed by atoms with van der Waals surface area (Å²) < 4.78 is 27.7. The summed E-state index contributed by atoms with van der Waals surface area (Å²) in [7, 11) is 0.312. The molecular weight excluding hydrogens is 374 g/mol. The predicted molar refractivity (Wildman–Crippen MR) is 110 cm³/mol. The van der Waals surface area contributed by atoms with Crippen LogP contribution in [0.25, 0.3) is 0 Å². The number of nitrogens with zero attached hydrogens (tertiary/aromatic N) is 2. The minimum atomic E-state index is -3.65. The number of hydrogen-bond donors (Lipinski definition) is 1. The maximum Gasteiger partial charge on any atom is 0.251 e. The first-order valence-corrected chi connectivity index (χ1v) is 10.9. The summed E-state index contributed by atoms with van der Waals surface area (Å²) in [4.78, 5) is 14.6. The van der Waals surface area contributed by atoms with Crippen molar-refractivity contribution >= 4 is 15.9 Å². The summed E-state index contributed by atoms with van der Waals surface area (Å²) in [5.74, 6) is -0.250. The molecule has 1 aliphatic heterocycles. The third kappa shape index (κ3) is 4.79. The van der Waals surface area contributed by atoms with Crippen LogP contribution in [0.2, 0.25) is 0 Å². The van der Waals surface area contributed by atoms with Gasteiger partial charge in [-0.1, -0.05) is 30.3 Å². The third-order valence-electron chi connectivity index (χ3n) is 4.90. The van der Waals surface area contributed by atoms with E-state index in [9.17, 15) is 13.2 Å². The van der Waals surface area contributed by atoms with Crippen LogP contribution >= 0.6 is 0 Å². The Kier molecular flexibility index (Phi) is 6.49. The number of nitrogens with one attached hydrogen (secondary N) is 1. The first-order chi connectivity index (χ1) is 13.4. The number of benzene rings is 2. The van der Waals surface area contributed by atoms with Crippen LogP contribution in [0.5, 0.6) is 0 Å². The molecule has 0 aliphatic carbocycles. The monoisotopic (exact) mass is 401 g/mol. The van der Waals surface area contributed by atoms with Gasteiger partial charge in [-0.25, -0.2) is 8.42 Å². The van der Waals surface area contributed by atoms with Gasteiger partial charge >= 0.3 is 0 Å². The van der Waals surface area contributed by atoms with E-state index in [0.29, 0.717) is 31.6 Å². The minimum absolute atomic E-state index is 0.160. The Morgan fingerprint density at radius 2 is 1.86 bits per heavy atom. The fourth-order valence-corrected chi connectivity index (χ4v) is 4.79. The number of carbonyl (C=O) groups excluding carboxylic acids is 1. The quantitative estimate of drug-likeness (QED) is 0.722. The lowest BCUT2D eigenvalue weighted by Gasteiger charge is -2.28. The fraction of sp³-hybridized carbons (Fsp3) is 0.381. The van der Waals surface area contributed by atoms with Gasteiger partial charge in [-0.2, -0.15) is 4.31 Å². The Labute approximate surface area is 167 Å². The van der Waals surface area contributed by atoms with E-state index >= 15 is 0 Å². The van der Waals surface area contributed by atoms with Gasteiger partial charge in [-0.05, 0) is 62.8 Å². The molecule has 3 rings (SSSR count). The molecule has 28 heavy (non-hydrogen) atoms. The summed E-state index contributed by atoms with van der Waals surface area (Å²) in [5, 5.41) is 2.85. The molecule has 1 N–H and O–H groups in total. The highest BCUT2D eigenvalue weighted by molar-refractivity contribution is 7.89. The fourth-order valence-electron chi connectivity index (χ4n) is 3.32. The van der Waals surface area contributed by atoms with Crippen molar-refractivity contribution in [3.05, 3.63) is 65.2 Å². The molecule has 0 bridgehead atoms. The molecule has 2 aromatic carbocycles. The lowest BCUT2D eigenvalue weighted by Crippen LogP contribution is -2.36. The first kappa shape index (κ1) is 20.5. The van der Waals surface area contributed by atoms with Gasteiger partial charge in [0.05, 0.1) is 4.90 Å². The predicted octanol–water partition coefficient (Wildman–Crippen LogP) is 2.12. The maximum atomic E-state index is 13.1. The molecule has 150 valence electrons. The zero-order chi connectivity index (χ0) is 20.1. The first-order valence-electron chi connectivity index (χ1n) is 9.48. The molecule has 1 amide bonds. The van der Waals surface area contributed by atoms with Gasteiger partial charge in [0.1, 0.15) is 0 Å². The molecule has 7 heteroatoms. The lowest BCUT2D eigenvalue weighted by atomic mass is 10.0. The van der Waals surface area contributed by atoms with E-state index in [2.05, 4.69) is 10.2 Å². The van der Waals surface area contributed by atoms with Crippen LogP contribution in [-0.4, -0.2) is 57.3 Å². The number of amides is 1. The Hall–Kier alpha value is -2.22. The maximum absolute atomic E-state index is 13.1. The molecule has 0 aromatic heterocycles. The molecule has 2 aromatic rings. The van der Waals surface area contributed by atoms with Gasteiger partial charge in [-0.15, -0.1) is 0 Å². The van der Waals surface area contributed by atoms with E-state index in [1.54, 1.807) is 18.2 Å². The van der Waals surface area contributed by atoms with Crippen LogP contribution in [-0.2, 0) is 23.0 Å². The molecule has 0 saturated heterocycles. The van der Waals surface area contributed by atoms with Gasteiger partial charge < -0.3 is 10.2 Å². The van der Waals surface area contributed by atoms with Crippen molar-refractivity contribution in [2.75, 3.05) is 33.7 Å². The SMILES string of the molecule is CN(C)CCCNC(=O)c1cccc(S(=O)(=O)N2CCc3ccccc3C2)c1. The summed E-state index contributed by atoms with van der Waals surface area (Å²) >= 11 is 0. The van der Waals surface area contributed by atoms with Crippen LogP contribution in [0, 0.1) is 0 Å². The van der Waals surface area contributed by atoms with E-state index in [0.717, 1.165) is 18.5 Å². The van der Waals surface area contributed by atoms with Crippen LogP contribution in [0.15, 0.2) is 53.4 Å². The smallest absolute Gasteiger partial charge is 0.251 e. The van der Waals surface area contributed by atoms with E-state index in [-0.39, 0.29) is 10.8 Å². The number of rotatable bonds is 7. The Morgan fingerprint density at radius 3 is 2.61 bits per heavy atom. The van der Waals surface area contributed by atoms with Gasteiger partial charge in [0.15, 0.2) is 0 Å². The van der Waals surface area contributed by atoms with E-state index in [1.165, 1.54) is 15.9 Å². The summed E-state index contributed by atoms with van der Waals surface area (Å²) in [6.07, 6.45) is 1.53. The number of hydrogen-bond acceptors (Lipinski definition) is 4. The van der Waals surface area contributed by atoms with Crippen molar-refractivity contribution in [1.82, 2.24) is 14.5 Å². The summed E-state index contributed by atoms with van der Waals surface area (Å²) in [6, 6.07) is 14.2. The highest BCUT2D eigenvalue weighted by atomic mass is 32.2. The highest BCUT2D eigenvalue weighted by Gasteiger charge is 2.28. The van der Waals surface area contributed by atoms with Crippen molar-refractivity contribution in [2.24, 2.45) is 0 Å². The standard InChI is InChI=1S/C21H27N3O3S/c1-23(2)13-6-12-22-21(25)18-9-5-10-20(15-18)28(26,27)24-14-11-17-7-3-4-8-19(17)16-24/h3-5,7-10,15H,6,11-14,16H2,1-2H3,(H,22,25). The normalized spacial score (nSPS) is 14.7. The molecule has 0 saturated carbocycles. The second-order valence-corrected chi connectivity index (χ2v) is 9.24. The molecule has 0 radical (unpaired) electrons. The second-order valence-electron chi connectivity index (χ2n) is 7.30.